The summed E-state index contributed by atoms with van der Waals surface area (Å²) in [6, 6.07) is 2.69. The average Bonchev–Trinajstić information content (AvgIpc) is 2.47. The van der Waals surface area contributed by atoms with E-state index in [-0.39, 0.29) is 27.9 Å². The summed E-state index contributed by atoms with van der Waals surface area (Å²) in [6.07, 6.45) is 3.44. The minimum Gasteiger partial charge on any atom is -0.503 e. The lowest BCUT2D eigenvalue weighted by atomic mass is 10.1. The summed E-state index contributed by atoms with van der Waals surface area (Å²) < 4.78 is 9.59. The highest BCUT2D eigenvalue weighted by atomic mass is 32.2. The molecule has 2 N–H and O–H groups in total. The zero-order chi connectivity index (χ0) is 15.1. The molecule has 0 spiro atoms. The zero-order valence-electron chi connectivity index (χ0n) is 11.1. The van der Waals surface area contributed by atoms with Crippen LogP contribution >= 0.6 is 11.8 Å². The predicted octanol–water partition coefficient (Wildman–Crippen LogP) is 1.61. The number of nitriles is 1. The number of rotatable bonds is 3. The second-order valence-electron chi connectivity index (χ2n) is 3.40. The number of hydrogen-bond donors (Lipinski definition) is 2. The smallest absolute Gasteiger partial charge is 0.338 e. The summed E-state index contributed by atoms with van der Waals surface area (Å²) >= 11 is 1.18. The fraction of sp³-hybridized carbons (Fsp3) is 0.250. The molecule has 0 saturated carbocycles. The van der Waals surface area contributed by atoms with Crippen LogP contribution in [0.3, 0.4) is 0 Å². The Balaban J connectivity index is 3.37. The Bertz CT molecular complexity index is 581. The quantitative estimate of drug-likeness (QED) is 0.287. The van der Waals surface area contributed by atoms with E-state index in [9.17, 15) is 9.90 Å². The van der Waals surface area contributed by atoms with Crippen molar-refractivity contribution in [3.8, 4) is 17.7 Å². The Morgan fingerprint density at radius 3 is 2.70 bits per heavy atom. The molecule has 0 aliphatic carbocycles. The Kier molecular flexibility index (Phi) is 5.68. The monoisotopic (exact) mass is 295 g/mol. The van der Waals surface area contributed by atoms with Gasteiger partial charge in [0.15, 0.2) is 22.9 Å². The number of aliphatic imine (C=N–C) groups is 1. The molecule has 1 rings (SSSR count). The standard InChI is InChI=1S/C12H13N3O4S/c1-18-9-5-7(11(17)19-2)4-8(10(9)16)15-12(20-3)14-6-13/h4-5,16H,1-3H3,(H,14,15). The predicted molar refractivity (Wildman–Crippen MR) is 75.4 cm³/mol. The highest BCUT2D eigenvalue weighted by molar-refractivity contribution is 8.13. The van der Waals surface area contributed by atoms with Crippen molar-refractivity contribution in [2.45, 2.75) is 0 Å². The minimum atomic E-state index is -0.585. The number of nitrogens with zero attached hydrogens (tertiary/aromatic N) is 2. The van der Waals surface area contributed by atoms with Crippen LogP contribution in [0.4, 0.5) is 5.69 Å². The van der Waals surface area contributed by atoms with E-state index in [1.54, 1.807) is 12.4 Å². The van der Waals surface area contributed by atoms with E-state index >= 15 is 0 Å². The number of esters is 1. The highest BCUT2D eigenvalue weighted by Crippen LogP contribution is 2.38. The fourth-order valence-corrected chi connectivity index (χ4v) is 1.69. The largest absolute Gasteiger partial charge is 0.503 e. The summed E-state index contributed by atoms with van der Waals surface area (Å²) in [6.45, 7) is 0. The number of phenolic OH excluding ortho intramolecular Hbond substituents is 1. The van der Waals surface area contributed by atoms with Crippen LogP contribution in [0, 0.1) is 11.5 Å². The number of thioether (sulfide) groups is 1. The maximum Gasteiger partial charge on any atom is 0.338 e. The molecule has 0 fully saturated rings. The van der Waals surface area contributed by atoms with Gasteiger partial charge in [0.05, 0.1) is 19.8 Å². The lowest BCUT2D eigenvalue weighted by Gasteiger charge is -2.09. The van der Waals surface area contributed by atoms with Gasteiger partial charge >= 0.3 is 5.97 Å². The summed E-state index contributed by atoms with van der Waals surface area (Å²) in [7, 11) is 2.60. The first-order valence-electron chi connectivity index (χ1n) is 5.34. The van der Waals surface area contributed by atoms with Crippen LogP contribution in [0.15, 0.2) is 17.1 Å². The van der Waals surface area contributed by atoms with Crippen LogP contribution in [0.2, 0.25) is 0 Å². The van der Waals surface area contributed by atoms with Crippen LogP contribution in [0.5, 0.6) is 11.5 Å². The molecule has 0 unspecified atom stereocenters. The number of methoxy groups -OCH3 is 2. The van der Waals surface area contributed by atoms with Crippen molar-refractivity contribution in [2.24, 2.45) is 4.99 Å². The van der Waals surface area contributed by atoms with Gasteiger partial charge in [-0.05, 0) is 18.4 Å². The van der Waals surface area contributed by atoms with E-state index < -0.39 is 5.97 Å². The van der Waals surface area contributed by atoms with E-state index in [0.29, 0.717) is 0 Å². The van der Waals surface area contributed by atoms with Crippen molar-refractivity contribution in [3.05, 3.63) is 17.7 Å². The first-order valence-corrected chi connectivity index (χ1v) is 6.57. The molecular formula is C12H13N3O4S. The van der Waals surface area contributed by atoms with E-state index in [0.717, 1.165) is 0 Å². The van der Waals surface area contributed by atoms with Crippen LogP contribution in [-0.2, 0) is 4.74 Å². The summed E-state index contributed by atoms with van der Waals surface area (Å²) in [5.41, 5.74) is 0.273. The van der Waals surface area contributed by atoms with E-state index in [1.807, 2.05) is 0 Å². The number of amidine groups is 1. The van der Waals surface area contributed by atoms with Gasteiger partial charge in [-0.1, -0.05) is 11.8 Å². The highest BCUT2D eigenvalue weighted by Gasteiger charge is 2.15. The Morgan fingerprint density at radius 2 is 2.20 bits per heavy atom. The number of phenols is 1. The molecule has 0 aliphatic heterocycles. The number of carbonyl (C=O) groups is 1. The first-order chi connectivity index (χ1) is 9.57. The normalized spacial score (nSPS) is 10.6. The van der Waals surface area contributed by atoms with Crippen LogP contribution < -0.4 is 10.1 Å². The molecule has 8 heteroatoms. The maximum absolute atomic E-state index is 11.5. The SMILES string of the molecule is COC(=O)c1cc(N=C(NC#N)SC)c(O)c(OC)c1. The Hall–Kier alpha value is -2.40. The molecule has 0 aliphatic rings. The fourth-order valence-electron chi connectivity index (χ4n) is 1.35. The van der Waals surface area contributed by atoms with Crippen molar-refractivity contribution in [1.82, 2.24) is 5.32 Å². The van der Waals surface area contributed by atoms with Crippen molar-refractivity contribution in [2.75, 3.05) is 20.5 Å². The summed E-state index contributed by atoms with van der Waals surface area (Å²) in [5, 5.41) is 21.2. The average molecular weight is 295 g/mol. The molecule has 0 bridgehead atoms. The molecule has 1 aromatic rings. The van der Waals surface area contributed by atoms with E-state index in [1.165, 1.54) is 38.1 Å². The van der Waals surface area contributed by atoms with Crippen molar-refractivity contribution in [3.63, 3.8) is 0 Å². The molecule has 0 saturated heterocycles. The van der Waals surface area contributed by atoms with Gasteiger partial charge in [-0.25, -0.2) is 9.79 Å². The van der Waals surface area contributed by atoms with Crippen LogP contribution in [-0.4, -0.2) is 36.7 Å². The molecule has 7 nitrogen and oxygen atoms in total. The van der Waals surface area contributed by atoms with Gasteiger partial charge in [0.2, 0.25) is 0 Å². The molecule has 20 heavy (non-hydrogen) atoms. The number of benzene rings is 1. The lowest BCUT2D eigenvalue weighted by molar-refractivity contribution is 0.0600. The van der Waals surface area contributed by atoms with Gasteiger partial charge in [-0.15, -0.1) is 0 Å². The van der Waals surface area contributed by atoms with Gasteiger partial charge in [0.1, 0.15) is 5.69 Å². The minimum absolute atomic E-state index is 0.0871. The van der Waals surface area contributed by atoms with Crippen molar-refractivity contribution < 1.29 is 19.4 Å². The number of aromatic hydroxyl groups is 1. The van der Waals surface area contributed by atoms with Gasteiger partial charge in [-0.3, -0.25) is 5.32 Å². The van der Waals surface area contributed by atoms with Gasteiger partial charge < -0.3 is 14.6 Å². The molecule has 0 amide bonds. The van der Waals surface area contributed by atoms with Crippen molar-refractivity contribution in [1.29, 1.82) is 5.26 Å². The first kappa shape index (κ1) is 15.7. The van der Waals surface area contributed by atoms with E-state index in [4.69, 9.17) is 10.00 Å². The van der Waals surface area contributed by atoms with Crippen LogP contribution in [0.25, 0.3) is 0 Å². The molecule has 0 radical (unpaired) electrons. The molecule has 106 valence electrons. The molecule has 1 aromatic carbocycles. The maximum atomic E-state index is 11.5. The third kappa shape index (κ3) is 3.55. The van der Waals surface area contributed by atoms with E-state index in [2.05, 4.69) is 15.0 Å². The van der Waals surface area contributed by atoms with Gasteiger partial charge in [0.25, 0.3) is 0 Å². The molecule has 0 aromatic heterocycles. The second-order valence-corrected chi connectivity index (χ2v) is 4.19. The third-order valence-electron chi connectivity index (χ3n) is 2.27. The molecule has 0 heterocycles. The third-order valence-corrected chi connectivity index (χ3v) is 2.85. The van der Waals surface area contributed by atoms with Crippen LogP contribution in [0.1, 0.15) is 10.4 Å². The lowest BCUT2D eigenvalue weighted by Crippen LogP contribution is -2.12. The number of hydrogen-bond acceptors (Lipinski definition) is 7. The molecular weight excluding hydrogens is 282 g/mol. The molecule has 0 atom stereocenters. The Labute approximate surface area is 120 Å². The zero-order valence-corrected chi connectivity index (χ0v) is 11.9. The van der Waals surface area contributed by atoms with Crippen molar-refractivity contribution >= 4 is 28.6 Å². The number of ether oxygens (including phenoxy) is 2. The number of nitrogens with one attached hydrogen (secondary N) is 1. The Morgan fingerprint density at radius 1 is 1.50 bits per heavy atom. The summed E-state index contributed by atoms with van der Waals surface area (Å²) in [4.78, 5) is 15.6. The van der Waals surface area contributed by atoms with Gasteiger partial charge in [-0.2, -0.15) is 5.26 Å². The number of carbonyl (C=O) groups excluding carboxylic acids is 1. The van der Waals surface area contributed by atoms with Gasteiger partial charge in [0, 0.05) is 0 Å². The topological polar surface area (TPSA) is 104 Å². The summed E-state index contributed by atoms with van der Waals surface area (Å²) in [5.74, 6) is -0.728. The second kappa shape index (κ2) is 7.25.